The molecule has 32 heavy (non-hydrogen) atoms. The lowest BCUT2D eigenvalue weighted by Gasteiger charge is -2.36. The molecule has 10 heteroatoms. The van der Waals surface area contributed by atoms with Crippen LogP contribution in [-0.4, -0.2) is 56.7 Å². The SMILES string of the molecule is Cc1cc(N2CCN(C(=O)Cn3nc(-c4ncco4)c4cccnc43)CC2)c(F)cc1Cl. The van der Waals surface area contributed by atoms with E-state index in [1.54, 1.807) is 34.1 Å². The second-order valence-electron chi connectivity index (χ2n) is 7.64. The van der Waals surface area contributed by atoms with E-state index in [1.165, 1.54) is 12.3 Å². The first kappa shape index (κ1) is 20.4. The first-order valence-electron chi connectivity index (χ1n) is 10.2. The summed E-state index contributed by atoms with van der Waals surface area (Å²) >= 11 is 6.01. The van der Waals surface area contributed by atoms with E-state index in [1.807, 2.05) is 17.9 Å². The fraction of sp³-hybridized carbons (Fsp3) is 0.273. The van der Waals surface area contributed by atoms with Crippen molar-refractivity contribution < 1.29 is 13.6 Å². The number of carbonyl (C=O) groups excluding carboxylic acids is 1. The highest BCUT2D eigenvalue weighted by Crippen LogP contribution is 2.28. The van der Waals surface area contributed by atoms with Crippen molar-refractivity contribution in [2.45, 2.75) is 13.5 Å². The molecule has 5 rings (SSSR count). The summed E-state index contributed by atoms with van der Waals surface area (Å²) in [6, 6.07) is 6.77. The molecule has 1 amide bonds. The van der Waals surface area contributed by atoms with Gasteiger partial charge in [-0.05, 0) is 36.8 Å². The summed E-state index contributed by atoms with van der Waals surface area (Å²) in [4.78, 5) is 25.3. The molecular weight excluding hydrogens is 435 g/mol. The van der Waals surface area contributed by atoms with Crippen LogP contribution < -0.4 is 4.90 Å². The number of pyridine rings is 1. The molecule has 0 aliphatic carbocycles. The van der Waals surface area contributed by atoms with Gasteiger partial charge in [0, 0.05) is 37.4 Å². The van der Waals surface area contributed by atoms with Gasteiger partial charge in [0.15, 0.2) is 11.3 Å². The van der Waals surface area contributed by atoms with E-state index >= 15 is 0 Å². The maximum atomic E-state index is 14.4. The monoisotopic (exact) mass is 454 g/mol. The number of nitrogens with zero attached hydrogens (tertiary/aromatic N) is 6. The molecule has 0 N–H and O–H groups in total. The Labute approximate surface area is 188 Å². The van der Waals surface area contributed by atoms with E-state index in [2.05, 4.69) is 15.1 Å². The lowest BCUT2D eigenvalue weighted by Crippen LogP contribution is -2.50. The largest absolute Gasteiger partial charge is 0.443 e. The molecule has 8 nitrogen and oxygen atoms in total. The number of anilines is 1. The molecule has 164 valence electrons. The predicted octanol–water partition coefficient (Wildman–Crippen LogP) is 3.54. The third-order valence-corrected chi connectivity index (χ3v) is 6.04. The average molecular weight is 455 g/mol. The van der Waals surface area contributed by atoms with Gasteiger partial charge in [-0.3, -0.25) is 4.79 Å². The van der Waals surface area contributed by atoms with Crippen LogP contribution in [0, 0.1) is 12.7 Å². The van der Waals surface area contributed by atoms with Gasteiger partial charge in [0.1, 0.15) is 18.6 Å². The highest BCUT2D eigenvalue weighted by Gasteiger charge is 2.25. The Bertz CT molecular complexity index is 1280. The summed E-state index contributed by atoms with van der Waals surface area (Å²) in [6.07, 6.45) is 4.68. The van der Waals surface area contributed by atoms with Crippen molar-refractivity contribution in [2.75, 3.05) is 31.1 Å². The normalized spacial score (nSPS) is 14.3. The Hall–Kier alpha value is -3.46. The van der Waals surface area contributed by atoms with Crippen LogP contribution in [0.5, 0.6) is 0 Å². The molecule has 0 saturated carbocycles. The maximum Gasteiger partial charge on any atom is 0.247 e. The molecule has 1 aliphatic heterocycles. The first-order valence-corrected chi connectivity index (χ1v) is 10.6. The zero-order chi connectivity index (χ0) is 22.2. The van der Waals surface area contributed by atoms with E-state index in [-0.39, 0.29) is 18.3 Å². The topological polar surface area (TPSA) is 80.3 Å². The highest BCUT2D eigenvalue weighted by molar-refractivity contribution is 6.31. The van der Waals surface area contributed by atoms with Crippen LogP contribution in [0.15, 0.2) is 47.3 Å². The number of fused-ring (bicyclic) bond motifs is 1. The smallest absolute Gasteiger partial charge is 0.247 e. The Kier molecular flexibility index (Phi) is 5.26. The van der Waals surface area contributed by atoms with Crippen molar-refractivity contribution in [2.24, 2.45) is 0 Å². The van der Waals surface area contributed by atoms with Gasteiger partial charge in [0.2, 0.25) is 11.8 Å². The lowest BCUT2D eigenvalue weighted by molar-refractivity contribution is -0.132. The fourth-order valence-corrected chi connectivity index (χ4v) is 4.08. The fourth-order valence-electron chi connectivity index (χ4n) is 3.93. The van der Waals surface area contributed by atoms with Crippen LogP contribution in [0.2, 0.25) is 5.02 Å². The average Bonchev–Trinajstić information content (AvgIpc) is 3.45. The Morgan fingerprint density at radius 2 is 2.00 bits per heavy atom. The van der Waals surface area contributed by atoms with Crippen LogP contribution in [0.3, 0.4) is 0 Å². The molecular formula is C22H20ClFN6O2. The van der Waals surface area contributed by atoms with E-state index in [9.17, 15) is 9.18 Å². The molecule has 0 spiro atoms. The maximum absolute atomic E-state index is 14.4. The molecule has 1 aliphatic rings. The van der Waals surface area contributed by atoms with Crippen molar-refractivity contribution >= 4 is 34.2 Å². The van der Waals surface area contributed by atoms with Gasteiger partial charge >= 0.3 is 0 Å². The van der Waals surface area contributed by atoms with Crippen molar-refractivity contribution in [3.63, 3.8) is 0 Å². The Morgan fingerprint density at radius 1 is 1.19 bits per heavy atom. The second kappa shape index (κ2) is 8.23. The molecule has 0 radical (unpaired) electrons. The number of rotatable bonds is 4. The summed E-state index contributed by atoms with van der Waals surface area (Å²) in [5.41, 5.74) is 2.47. The summed E-state index contributed by atoms with van der Waals surface area (Å²) in [5, 5.41) is 5.71. The van der Waals surface area contributed by atoms with Crippen molar-refractivity contribution in [1.29, 1.82) is 0 Å². The van der Waals surface area contributed by atoms with Gasteiger partial charge in [0.25, 0.3) is 0 Å². The molecule has 0 unspecified atom stereocenters. The lowest BCUT2D eigenvalue weighted by atomic mass is 10.1. The minimum absolute atomic E-state index is 0.0443. The van der Waals surface area contributed by atoms with Crippen LogP contribution in [0.4, 0.5) is 10.1 Å². The highest BCUT2D eigenvalue weighted by atomic mass is 35.5. The van der Waals surface area contributed by atoms with E-state index in [0.717, 1.165) is 10.9 Å². The zero-order valence-corrected chi connectivity index (χ0v) is 18.1. The first-order chi connectivity index (χ1) is 15.5. The Morgan fingerprint density at radius 3 is 2.75 bits per heavy atom. The molecule has 1 aromatic carbocycles. The van der Waals surface area contributed by atoms with Crippen LogP contribution >= 0.6 is 11.6 Å². The van der Waals surface area contributed by atoms with Gasteiger partial charge < -0.3 is 14.2 Å². The van der Waals surface area contributed by atoms with Gasteiger partial charge in [-0.2, -0.15) is 5.10 Å². The third kappa shape index (κ3) is 3.69. The van der Waals surface area contributed by atoms with E-state index in [4.69, 9.17) is 16.0 Å². The summed E-state index contributed by atoms with van der Waals surface area (Å²) in [6.45, 7) is 3.92. The number of oxazole rings is 1. The van der Waals surface area contributed by atoms with Crippen LogP contribution in [0.1, 0.15) is 5.56 Å². The predicted molar refractivity (Wildman–Crippen MR) is 118 cm³/mol. The molecule has 4 heterocycles. The quantitative estimate of drug-likeness (QED) is 0.469. The van der Waals surface area contributed by atoms with Crippen molar-refractivity contribution in [3.8, 4) is 11.6 Å². The number of aryl methyl sites for hydroxylation is 1. The van der Waals surface area contributed by atoms with Crippen LogP contribution in [0.25, 0.3) is 22.6 Å². The standard InChI is InChI=1S/C22H20ClFN6O2/c1-14-11-18(17(24)12-16(14)23)28-6-8-29(9-7-28)19(31)13-30-21-15(3-2-4-25-21)20(27-30)22-26-5-10-32-22/h2-5,10-12H,6-9,13H2,1H3. The van der Waals surface area contributed by atoms with Gasteiger partial charge in [0.05, 0.1) is 17.3 Å². The number of halogens is 2. The summed E-state index contributed by atoms with van der Waals surface area (Å²) < 4.78 is 21.3. The number of carbonyl (C=O) groups is 1. The summed E-state index contributed by atoms with van der Waals surface area (Å²) in [7, 11) is 0. The molecule has 4 aromatic rings. The number of hydrogen-bond acceptors (Lipinski definition) is 6. The summed E-state index contributed by atoms with van der Waals surface area (Å²) in [5.74, 6) is -0.0527. The van der Waals surface area contributed by atoms with E-state index < -0.39 is 0 Å². The molecule has 1 fully saturated rings. The number of benzene rings is 1. The number of piperazine rings is 1. The van der Waals surface area contributed by atoms with Crippen molar-refractivity contribution in [3.05, 3.63) is 59.3 Å². The molecule has 0 atom stereocenters. The van der Waals surface area contributed by atoms with E-state index in [0.29, 0.717) is 54.1 Å². The van der Waals surface area contributed by atoms with Crippen LogP contribution in [-0.2, 0) is 11.3 Å². The molecule has 1 saturated heterocycles. The minimum Gasteiger partial charge on any atom is -0.443 e. The van der Waals surface area contributed by atoms with Gasteiger partial charge in [-0.15, -0.1) is 0 Å². The van der Waals surface area contributed by atoms with Gasteiger partial charge in [-0.1, -0.05) is 11.6 Å². The number of amides is 1. The molecule has 3 aromatic heterocycles. The Balaban J connectivity index is 1.31. The van der Waals surface area contributed by atoms with Gasteiger partial charge in [-0.25, -0.2) is 19.0 Å². The third-order valence-electron chi connectivity index (χ3n) is 5.63. The number of hydrogen-bond donors (Lipinski definition) is 0. The minimum atomic E-state index is -0.353. The second-order valence-corrected chi connectivity index (χ2v) is 8.05. The number of aromatic nitrogens is 4. The van der Waals surface area contributed by atoms with Crippen molar-refractivity contribution in [1.82, 2.24) is 24.6 Å². The zero-order valence-electron chi connectivity index (χ0n) is 17.3. The molecule has 0 bridgehead atoms.